The molecule has 0 bridgehead atoms. The SMILES string of the molecule is CCN(CCCNC(C)CCc1ccc2c(c1)OCO2)S(C)(=O)=O. The molecule has 7 heteroatoms. The summed E-state index contributed by atoms with van der Waals surface area (Å²) in [5, 5.41) is 3.46. The van der Waals surface area contributed by atoms with Crippen LogP contribution in [0.4, 0.5) is 0 Å². The van der Waals surface area contributed by atoms with Gasteiger partial charge in [0.05, 0.1) is 6.26 Å². The standard InChI is InChI=1S/C17H28N2O4S/c1-4-19(24(3,20)21)11-5-10-18-14(2)6-7-15-8-9-16-17(12-15)23-13-22-16/h8-9,12,14,18H,4-7,10-11,13H2,1-3H3. The van der Waals surface area contributed by atoms with Gasteiger partial charge < -0.3 is 14.8 Å². The number of rotatable bonds is 10. The van der Waals surface area contributed by atoms with Crippen molar-refractivity contribution in [3.63, 3.8) is 0 Å². The van der Waals surface area contributed by atoms with E-state index in [2.05, 4.69) is 18.3 Å². The van der Waals surface area contributed by atoms with E-state index < -0.39 is 10.0 Å². The maximum atomic E-state index is 11.5. The predicted molar refractivity (Wildman–Crippen MR) is 95.1 cm³/mol. The number of sulfonamides is 1. The minimum absolute atomic E-state index is 0.305. The van der Waals surface area contributed by atoms with Crippen LogP contribution in [0.15, 0.2) is 18.2 Å². The zero-order chi connectivity index (χ0) is 17.6. The zero-order valence-corrected chi connectivity index (χ0v) is 15.6. The van der Waals surface area contributed by atoms with E-state index in [1.54, 1.807) is 0 Å². The van der Waals surface area contributed by atoms with Crippen molar-refractivity contribution in [3.05, 3.63) is 23.8 Å². The summed E-state index contributed by atoms with van der Waals surface area (Å²) >= 11 is 0. The van der Waals surface area contributed by atoms with Crippen LogP contribution in [0.5, 0.6) is 11.5 Å². The number of ether oxygens (including phenoxy) is 2. The lowest BCUT2D eigenvalue weighted by molar-refractivity contribution is 0.174. The van der Waals surface area contributed by atoms with Crippen molar-refractivity contribution in [1.82, 2.24) is 9.62 Å². The molecule has 136 valence electrons. The lowest BCUT2D eigenvalue weighted by atomic mass is 10.1. The lowest BCUT2D eigenvalue weighted by Gasteiger charge is -2.19. The van der Waals surface area contributed by atoms with Gasteiger partial charge in [-0.05, 0) is 50.4 Å². The van der Waals surface area contributed by atoms with E-state index in [4.69, 9.17) is 9.47 Å². The van der Waals surface area contributed by atoms with Crippen molar-refractivity contribution < 1.29 is 17.9 Å². The molecular formula is C17H28N2O4S. The number of hydrogen-bond acceptors (Lipinski definition) is 5. The highest BCUT2D eigenvalue weighted by molar-refractivity contribution is 7.88. The summed E-state index contributed by atoms with van der Waals surface area (Å²) < 4.78 is 35.2. The number of nitrogens with zero attached hydrogens (tertiary/aromatic N) is 1. The van der Waals surface area contributed by atoms with Gasteiger partial charge in [0.1, 0.15) is 0 Å². The van der Waals surface area contributed by atoms with Crippen LogP contribution >= 0.6 is 0 Å². The van der Waals surface area contributed by atoms with Gasteiger partial charge in [0.2, 0.25) is 16.8 Å². The lowest BCUT2D eigenvalue weighted by Crippen LogP contribution is -2.34. The van der Waals surface area contributed by atoms with Crippen molar-refractivity contribution in [2.45, 2.75) is 39.2 Å². The van der Waals surface area contributed by atoms with Crippen LogP contribution in [-0.2, 0) is 16.4 Å². The van der Waals surface area contributed by atoms with E-state index in [1.165, 1.54) is 16.1 Å². The molecule has 2 rings (SSSR count). The first-order valence-corrected chi connectivity index (χ1v) is 10.3. The van der Waals surface area contributed by atoms with Crippen molar-refractivity contribution in [1.29, 1.82) is 0 Å². The summed E-state index contributed by atoms with van der Waals surface area (Å²) in [6, 6.07) is 6.45. The van der Waals surface area contributed by atoms with Crippen molar-refractivity contribution in [2.24, 2.45) is 0 Å². The van der Waals surface area contributed by atoms with Gasteiger partial charge in [0.15, 0.2) is 11.5 Å². The largest absolute Gasteiger partial charge is 0.454 e. The Hall–Kier alpha value is -1.31. The predicted octanol–water partition coefficient (Wildman–Crippen LogP) is 2.00. The highest BCUT2D eigenvalue weighted by atomic mass is 32.2. The number of hydrogen-bond donors (Lipinski definition) is 1. The Morgan fingerprint density at radius 1 is 1.29 bits per heavy atom. The van der Waals surface area contributed by atoms with E-state index in [-0.39, 0.29) is 0 Å². The first-order valence-electron chi connectivity index (χ1n) is 8.47. The van der Waals surface area contributed by atoms with Crippen molar-refractivity contribution in [2.75, 3.05) is 32.7 Å². The van der Waals surface area contributed by atoms with Gasteiger partial charge in [-0.15, -0.1) is 0 Å². The Morgan fingerprint density at radius 3 is 2.75 bits per heavy atom. The second-order valence-corrected chi connectivity index (χ2v) is 8.17. The first kappa shape index (κ1) is 19.0. The molecule has 1 aromatic carbocycles. The van der Waals surface area contributed by atoms with Gasteiger partial charge in [-0.1, -0.05) is 13.0 Å². The molecule has 0 saturated carbocycles. The van der Waals surface area contributed by atoms with Gasteiger partial charge in [-0.3, -0.25) is 0 Å². The Balaban J connectivity index is 1.66. The highest BCUT2D eigenvalue weighted by Gasteiger charge is 2.14. The fourth-order valence-corrected chi connectivity index (χ4v) is 3.67. The van der Waals surface area contributed by atoms with Gasteiger partial charge >= 0.3 is 0 Å². The van der Waals surface area contributed by atoms with E-state index >= 15 is 0 Å². The van der Waals surface area contributed by atoms with Crippen LogP contribution in [0.2, 0.25) is 0 Å². The highest BCUT2D eigenvalue weighted by Crippen LogP contribution is 2.32. The topological polar surface area (TPSA) is 67.9 Å². The second-order valence-electron chi connectivity index (χ2n) is 6.19. The van der Waals surface area contributed by atoms with E-state index in [0.29, 0.717) is 25.9 Å². The Kier molecular flexibility index (Phi) is 6.89. The van der Waals surface area contributed by atoms with Crippen LogP contribution < -0.4 is 14.8 Å². The summed E-state index contributed by atoms with van der Waals surface area (Å²) in [5.74, 6) is 1.64. The number of aryl methyl sites for hydroxylation is 1. The molecule has 0 radical (unpaired) electrons. The summed E-state index contributed by atoms with van der Waals surface area (Å²) in [6.45, 7) is 6.23. The maximum absolute atomic E-state index is 11.5. The maximum Gasteiger partial charge on any atom is 0.231 e. The Morgan fingerprint density at radius 2 is 2.04 bits per heavy atom. The fourth-order valence-electron chi connectivity index (χ4n) is 2.74. The average Bonchev–Trinajstić information content (AvgIpc) is 2.99. The minimum Gasteiger partial charge on any atom is -0.454 e. The smallest absolute Gasteiger partial charge is 0.231 e. The summed E-state index contributed by atoms with van der Waals surface area (Å²) in [6.07, 6.45) is 4.06. The van der Waals surface area contributed by atoms with Gasteiger partial charge in [0, 0.05) is 19.1 Å². The molecular weight excluding hydrogens is 328 g/mol. The monoisotopic (exact) mass is 356 g/mol. The van der Waals surface area contributed by atoms with Gasteiger partial charge in [-0.2, -0.15) is 0 Å². The fraction of sp³-hybridized carbons (Fsp3) is 0.647. The quantitative estimate of drug-likeness (QED) is 0.650. The summed E-state index contributed by atoms with van der Waals surface area (Å²) in [7, 11) is -3.08. The van der Waals surface area contributed by atoms with Gasteiger partial charge in [-0.25, -0.2) is 12.7 Å². The molecule has 1 heterocycles. The number of benzene rings is 1. The molecule has 0 aromatic heterocycles. The molecule has 0 aliphatic carbocycles. The van der Waals surface area contributed by atoms with Crippen molar-refractivity contribution >= 4 is 10.0 Å². The molecule has 1 aromatic rings. The first-order chi connectivity index (χ1) is 11.4. The summed E-state index contributed by atoms with van der Waals surface area (Å²) in [4.78, 5) is 0. The van der Waals surface area contributed by atoms with Gasteiger partial charge in [0.25, 0.3) is 0 Å². The third-order valence-corrected chi connectivity index (χ3v) is 5.58. The third kappa shape index (κ3) is 5.65. The van der Waals surface area contributed by atoms with E-state index in [1.807, 2.05) is 19.1 Å². The molecule has 6 nitrogen and oxygen atoms in total. The molecule has 0 saturated heterocycles. The van der Waals surface area contributed by atoms with Crippen LogP contribution in [-0.4, -0.2) is 51.4 Å². The molecule has 0 spiro atoms. The van der Waals surface area contributed by atoms with Crippen LogP contribution in [0.25, 0.3) is 0 Å². The summed E-state index contributed by atoms with van der Waals surface area (Å²) in [5.41, 5.74) is 1.24. The Bertz CT molecular complexity index is 633. The number of nitrogens with one attached hydrogen (secondary N) is 1. The zero-order valence-electron chi connectivity index (χ0n) is 14.7. The normalized spacial score (nSPS) is 15.0. The van der Waals surface area contributed by atoms with Crippen LogP contribution in [0, 0.1) is 0 Å². The molecule has 24 heavy (non-hydrogen) atoms. The molecule has 0 amide bonds. The molecule has 0 fully saturated rings. The van der Waals surface area contributed by atoms with E-state index in [0.717, 1.165) is 37.3 Å². The number of fused-ring (bicyclic) bond motifs is 1. The Labute approximate surface area is 145 Å². The molecule has 1 atom stereocenters. The molecule has 1 unspecified atom stereocenters. The minimum atomic E-state index is -3.08. The average molecular weight is 356 g/mol. The molecule has 1 N–H and O–H groups in total. The van der Waals surface area contributed by atoms with E-state index in [9.17, 15) is 8.42 Å². The third-order valence-electron chi connectivity index (χ3n) is 4.20. The molecule has 1 aliphatic heterocycles. The van der Waals surface area contributed by atoms with Crippen molar-refractivity contribution in [3.8, 4) is 11.5 Å². The second kappa shape index (κ2) is 8.69. The van der Waals surface area contributed by atoms with Crippen LogP contribution in [0.1, 0.15) is 32.3 Å². The van der Waals surface area contributed by atoms with Crippen LogP contribution in [0.3, 0.4) is 0 Å². The molecule has 1 aliphatic rings.